The first-order chi connectivity index (χ1) is 12.2. The summed E-state index contributed by atoms with van der Waals surface area (Å²) in [6.07, 6.45) is 5.96. The van der Waals surface area contributed by atoms with Gasteiger partial charge in [0.05, 0.1) is 33.1 Å². The van der Waals surface area contributed by atoms with Crippen LogP contribution in [-0.4, -0.2) is 58.7 Å². The molecular weight excluding hydrogens is 320 g/mol. The Bertz CT molecular complexity index is 689. The van der Waals surface area contributed by atoms with Crippen molar-refractivity contribution in [2.45, 2.75) is 31.8 Å². The van der Waals surface area contributed by atoms with Crippen LogP contribution in [0.5, 0.6) is 11.5 Å². The van der Waals surface area contributed by atoms with Gasteiger partial charge in [-0.1, -0.05) is 0 Å². The first-order valence-electron chi connectivity index (χ1n) is 8.67. The van der Waals surface area contributed by atoms with Crippen LogP contribution >= 0.6 is 0 Å². The maximum atomic E-state index is 9.04. The minimum atomic E-state index is 0.110. The maximum absolute atomic E-state index is 9.04. The highest BCUT2D eigenvalue weighted by molar-refractivity contribution is 5.42. The molecule has 1 atom stereocenters. The summed E-state index contributed by atoms with van der Waals surface area (Å²) in [5.74, 6) is 1.83. The van der Waals surface area contributed by atoms with E-state index in [1.807, 2.05) is 12.3 Å². The van der Waals surface area contributed by atoms with Crippen LogP contribution in [0.2, 0.25) is 0 Å². The second-order valence-corrected chi connectivity index (χ2v) is 6.29. The molecule has 0 amide bonds. The third kappa shape index (κ3) is 4.11. The van der Waals surface area contributed by atoms with E-state index in [1.165, 1.54) is 0 Å². The van der Waals surface area contributed by atoms with Gasteiger partial charge in [0.15, 0.2) is 11.5 Å². The van der Waals surface area contributed by atoms with Gasteiger partial charge in [-0.25, -0.2) is 0 Å². The Hall–Kier alpha value is -2.12. The largest absolute Gasteiger partial charge is 0.493 e. The quantitative estimate of drug-likeness (QED) is 0.822. The highest BCUT2D eigenvalue weighted by atomic mass is 16.5. The van der Waals surface area contributed by atoms with E-state index >= 15 is 0 Å². The molecule has 7 nitrogen and oxygen atoms in total. The van der Waals surface area contributed by atoms with E-state index in [0.29, 0.717) is 24.0 Å². The molecule has 1 fully saturated rings. The van der Waals surface area contributed by atoms with E-state index in [1.54, 1.807) is 25.1 Å². The van der Waals surface area contributed by atoms with Gasteiger partial charge in [-0.05, 0) is 25.5 Å². The van der Waals surface area contributed by atoms with Crippen LogP contribution < -0.4 is 9.47 Å². The Morgan fingerprint density at radius 2 is 2.16 bits per heavy atom. The van der Waals surface area contributed by atoms with E-state index < -0.39 is 0 Å². The number of hydrogen-bond donors (Lipinski definition) is 1. The van der Waals surface area contributed by atoms with Gasteiger partial charge < -0.3 is 14.6 Å². The van der Waals surface area contributed by atoms with Crippen LogP contribution in [0.25, 0.3) is 0 Å². The van der Waals surface area contributed by atoms with Crippen molar-refractivity contribution < 1.29 is 14.6 Å². The zero-order valence-electron chi connectivity index (χ0n) is 14.9. The summed E-state index contributed by atoms with van der Waals surface area (Å²) in [6, 6.07) is 3.88. The third-order valence-electron chi connectivity index (χ3n) is 4.65. The van der Waals surface area contributed by atoms with Gasteiger partial charge in [0.25, 0.3) is 0 Å². The molecule has 7 heteroatoms. The highest BCUT2D eigenvalue weighted by Gasteiger charge is 2.24. The Morgan fingerprint density at radius 3 is 2.92 bits per heavy atom. The van der Waals surface area contributed by atoms with E-state index in [9.17, 15) is 0 Å². The fourth-order valence-corrected chi connectivity index (χ4v) is 3.44. The van der Waals surface area contributed by atoms with Gasteiger partial charge in [-0.3, -0.25) is 14.6 Å². The van der Waals surface area contributed by atoms with Crippen molar-refractivity contribution in [3.8, 4) is 11.5 Å². The third-order valence-corrected chi connectivity index (χ3v) is 4.65. The monoisotopic (exact) mass is 346 g/mol. The Balaban J connectivity index is 1.69. The number of piperidine rings is 1. The van der Waals surface area contributed by atoms with E-state index in [2.05, 4.69) is 21.0 Å². The SMILES string of the molecule is COc1ccnc(CN2CCCC(c3ccn(CCO)n3)C2)c1OC. The molecule has 1 unspecified atom stereocenters. The van der Waals surface area contributed by atoms with Crippen molar-refractivity contribution in [2.75, 3.05) is 33.9 Å². The summed E-state index contributed by atoms with van der Waals surface area (Å²) in [4.78, 5) is 6.88. The summed E-state index contributed by atoms with van der Waals surface area (Å²) in [6.45, 7) is 3.36. The number of ether oxygens (including phenoxy) is 2. The van der Waals surface area contributed by atoms with E-state index in [4.69, 9.17) is 14.6 Å². The molecule has 0 bridgehead atoms. The second-order valence-electron chi connectivity index (χ2n) is 6.29. The summed E-state index contributed by atoms with van der Waals surface area (Å²) in [5.41, 5.74) is 2.00. The lowest BCUT2D eigenvalue weighted by molar-refractivity contribution is 0.192. The summed E-state index contributed by atoms with van der Waals surface area (Å²) in [7, 11) is 3.29. The fraction of sp³-hybridized carbons (Fsp3) is 0.556. The number of aliphatic hydroxyl groups excluding tert-OH is 1. The highest BCUT2D eigenvalue weighted by Crippen LogP contribution is 2.32. The molecule has 0 aliphatic carbocycles. The summed E-state index contributed by atoms with van der Waals surface area (Å²) < 4.78 is 12.7. The smallest absolute Gasteiger partial charge is 0.183 e. The molecule has 25 heavy (non-hydrogen) atoms. The lowest BCUT2D eigenvalue weighted by Crippen LogP contribution is -2.34. The van der Waals surface area contributed by atoms with Crippen molar-refractivity contribution in [3.05, 3.63) is 35.9 Å². The van der Waals surface area contributed by atoms with Crippen molar-refractivity contribution in [3.63, 3.8) is 0 Å². The number of likely N-dealkylation sites (tertiary alicyclic amines) is 1. The van der Waals surface area contributed by atoms with E-state index in [0.717, 1.165) is 43.9 Å². The molecule has 1 aliphatic rings. The van der Waals surface area contributed by atoms with Crippen molar-refractivity contribution in [1.82, 2.24) is 19.7 Å². The number of aliphatic hydroxyl groups is 1. The van der Waals surface area contributed by atoms with Gasteiger partial charge >= 0.3 is 0 Å². The lowest BCUT2D eigenvalue weighted by atomic mass is 9.95. The van der Waals surface area contributed by atoms with Crippen LogP contribution in [0, 0.1) is 0 Å². The predicted molar refractivity (Wildman–Crippen MR) is 93.9 cm³/mol. The zero-order valence-corrected chi connectivity index (χ0v) is 14.9. The van der Waals surface area contributed by atoms with Crippen LogP contribution in [-0.2, 0) is 13.1 Å². The Labute approximate surface area is 148 Å². The summed E-state index contributed by atoms with van der Waals surface area (Å²) in [5, 5.41) is 13.6. The predicted octanol–water partition coefficient (Wildman–Crippen LogP) is 1.67. The van der Waals surface area contributed by atoms with Crippen LogP contribution in [0.1, 0.15) is 30.1 Å². The number of nitrogens with zero attached hydrogens (tertiary/aromatic N) is 4. The minimum Gasteiger partial charge on any atom is -0.493 e. The average molecular weight is 346 g/mol. The van der Waals surface area contributed by atoms with Crippen molar-refractivity contribution >= 4 is 0 Å². The maximum Gasteiger partial charge on any atom is 0.183 e. The fourth-order valence-electron chi connectivity index (χ4n) is 3.44. The number of rotatable bonds is 7. The number of pyridine rings is 1. The molecule has 3 rings (SSSR count). The molecule has 1 saturated heterocycles. The summed E-state index contributed by atoms with van der Waals surface area (Å²) >= 11 is 0. The van der Waals surface area contributed by atoms with E-state index in [-0.39, 0.29) is 6.61 Å². The Kier molecular flexibility index (Phi) is 5.88. The average Bonchev–Trinajstić information content (AvgIpc) is 3.11. The van der Waals surface area contributed by atoms with Crippen LogP contribution in [0.3, 0.4) is 0 Å². The molecule has 1 aliphatic heterocycles. The first-order valence-corrected chi connectivity index (χ1v) is 8.67. The molecule has 0 saturated carbocycles. The molecule has 0 radical (unpaired) electrons. The molecule has 0 spiro atoms. The topological polar surface area (TPSA) is 72.6 Å². The van der Waals surface area contributed by atoms with Crippen molar-refractivity contribution in [2.24, 2.45) is 0 Å². The van der Waals surface area contributed by atoms with Gasteiger partial charge in [-0.15, -0.1) is 0 Å². The van der Waals surface area contributed by atoms with Crippen LogP contribution in [0.15, 0.2) is 24.5 Å². The first kappa shape index (κ1) is 17.7. The molecule has 136 valence electrons. The minimum absolute atomic E-state index is 0.110. The second kappa shape index (κ2) is 8.31. The zero-order chi connectivity index (χ0) is 17.6. The van der Waals surface area contributed by atoms with Gasteiger partial charge in [0.2, 0.25) is 0 Å². The standard InChI is InChI=1S/C18H26N4O3/c1-24-17-5-7-19-16(18(17)25-2)13-21-8-3-4-14(12-21)15-6-9-22(20-15)10-11-23/h5-7,9,14,23H,3-4,8,10-13H2,1-2H3. The molecule has 3 heterocycles. The lowest BCUT2D eigenvalue weighted by Gasteiger charge is -2.32. The van der Waals surface area contributed by atoms with Gasteiger partial charge in [-0.2, -0.15) is 5.10 Å². The number of hydrogen-bond acceptors (Lipinski definition) is 6. The molecule has 1 N–H and O–H groups in total. The van der Waals surface area contributed by atoms with Gasteiger partial charge in [0.1, 0.15) is 5.69 Å². The number of methoxy groups -OCH3 is 2. The molecule has 2 aromatic heterocycles. The molecule has 2 aromatic rings. The molecule has 0 aromatic carbocycles. The van der Waals surface area contributed by atoms with Gasteiger partial charge in [0, 0.05) is 37.5 Å². The Morgan fingerprint density at radius 1 is 1.28 bits per heavy atom. The van der Waals surface area contributed by atoms with Crippen molar-refractivity contribution in [1.29, 1.82) is 0 Å². The normalized spacial score (nSPS) is 18.3. The molecular formula is C18H26N4O3. The number of aromatic nitrogens is 3. The van der Waals surface area contributed by atoms with Crippen LogP contribution in [0.4, 0.5) is 0 Å².